The molecule has 0 spiro atoms. The van der Waals surface area contributed by atoms with E-state index >= 15 is 0 Å². The van der Waals surface area contributed by atoms with Crippen LogP contribution in [-0.4, -0.2) is 41.6 Å². The second-order valence-corrected chi connectivity index (χ2v) is 6.91. The van der Waals surface area contributed by atoms with Gasteiger partial charge in [0.25, 0.3) is 5.91 Å². The Morgan fingerprint density at radius 1 is 1.29 bits per heavy atom. The molecule has 114 valence electrons. The van der Waals surface area contributed by atoms with E-state index in [4.69, 9.17) is 0 Å². The first-order valence-corrected chi connectivity index (χ1v) is 8.45. The van der Waals surface area contributed by atoms with Crippen LogP contribution < -0.4 is 5.32 Å². The summed E-state index contributed by atoms with van der Waals surface area (Å²) in [7, 11) is 0. The first-order valence-electron chi connectivity index (χ1n) is 7.66. The second-order valence-electron chi connectivity index (χ2n) is 5.99. The van der Waals surface area contributed by atoms with E-state index in [2.05, 4.69) is 21.2 Å². The van der Waals surface area contributed by atoms with Crippen molar-refractivity contribution >= 4 is 21.8 Å². The van der Waals surface area contributed by atoms with Gasteiger partial charge in [0.15, 0.2) is 0 Å². The van der Waals surface area contributed by atoms with Crippen LogP contribution in [0.2, 0.25) is 0 Å². The molecule has 4 nitrogen and oxygen atoms in total. The molecule has 2 fully saturated rings. The summed E-state index contributed by atoms with van der Waals surface area (Å²) in [6.07, 6.45) is 4.66. The molecule has 2 N–H and O–H groups in total. The van der Waals surface area contributed by atoms with E-state index < -0.39 is 0 Å². The summed E-state index contributed by atoms with van der Waals surface area (Å²) in [6, 6.07) is 5.69. The van der Waals surface area contributed by atoms with E-state index in [0.717, 1.165) is 36.9 Å². The fourth-order valence-corrected chi connectivity index (χ4v) is 3.82. The van der Waals surface area contributed by atoms with Gasteiger partial charge in [-0.05, 0) is 56.3 Å². The number of benzene rings is 1. The van der Waals surface area contributed by atoms with Gasteiger partial charge >= 0.3 is 0 Å². The fraction of sp³-hybridized carbons (Fsp3) is 0.562. The lowest BCUT2D eigenvalue weighted by Crippen LogP contribution is -2.43. The number of nitrogens with zero attached hydrogens (tertiary/aromatic N) is 1. The van der Waals surface area contributed by atoms with Crippen LogP contribution >= 0.6 is 15.9 Å². The summed E-state index contributed by atoms with van der Waals surface area (Å²) < 4.78 is 0.780. The number of rotatable bonds is 2. The Morgan fingerprint density at radius 3 is 2.67 bits per heavy atom. The zero-order valence-corrected chi connectivity index (χ0v) is 13.6. The van der Waals surface area contributed by atoms with Crippen LogP contribution in [0.3, 0.4) is 0 Å². The summed E-state index contributed by atoms with van der Waals surface area (Å²) in [5.41, 5.74) is 0.399. The van der Waals surface area contributed by atoms with Crippen molar-refractivity contribution in [3.63, 3.8) is 0 Å². The predicted octanol–water partition coefficient (Wildman–Crippen LogP) is 2.76. The number of carbonyl (C=O) groups is 1. The van der Waals surface area contributed by atoms with Gasteiger partial charge in [-0.3, -0.25) is 4.79 Å². The topological polar surface area (TPSA) is 52.6 Å². The van der Waals surface area contributed by atoms with E-state index in [0.29, 0.717) is 17.5 Å². The van der Waals surface area contributed by atoms with Gasteiger partial charge in [-0.25, -0.2) is 0 Å². The predicted molar refractivity (Wildman–Crippen MR) is 85.5 cm³/mol. The molecule has 1 atom stereocenters. The Morgan fingerprint density at radius 2 is 2.05 bits per heavy atom. The maximum absolute atomic E-state index is 12.5. The number of amides is 1. The summed E-state index contributed by atoms with van der Waals surface area (Å²) in [5, 5.41) is 13.5. The van der Waals surface area contributed by atoms with Gasteiger partial charge in [-0.2, -0.15) is 0 Å². The molecule has 21 heavy (non-hydrogen) atoms. The summed E-state index contributed by atoms with van der Waals surface area (Å²) in [4.78, 5) is 14.4. The van der Waals surface area contributed by atoms with Crippen molar-refractivity contribution < 1.29 is 9.90 Å². The second kappa shape index (κ2) is 6.36. The molecule has 0 radical (unpaired) electrons. The zero-order valence-electron chi connectivity index (χ0n) is 12.0. The van der Waals surface area contributed by atoms with Crippen molar-refractivity contribution in [3.05, 3.63) is 28.2 Å². The van der Waals surface area contributed by atoms with Crippen LogP contribution in [-0.2, 0) is 0 Å². The largest absolute Gasteiger partial charge is 0.507 e. The highest BCUT2D eigenvalue weighted by atomic mass is 79.9. The van der Waals surface area contributed by atoms with Gasteiger partial charge < -0.3 is 15.3 Å². The van der Waals surface area contributed by atoms with Gasteiger partial charge in [0.2, 0.25) is 0 Å². The van der Waals surface area contributed by atoms with Crippen molar-refractivity contribution in [3.8, 4) is 5.75 Å². The minimum Gasteiger partial charge on any atom is -0.507 e. The number of nitrogens with one attached hydrogen (secondary N) is 1. The molecule has 5 heteroatoms. The first-order chi connectivity index (χ1) is 10.1. The lowest BCUT2D eigenvalue weighted by molar-refractivity contribution is 0.0671. The molecular weight excluding hydrogens is 332 g/mol. The molecule has 2 heterocycles. The Labute approximate surface area is 133 Å². The molecule has 3 rings (SSSR count). The maximum Gasteiger partial charge on any atom is 0.257 e. The highest BCUT2D eigenvalue weighted by Gasteiger charge is 2.30. The van der Waals surface area contributed by atoms with Crippen LogP contribution in [0.15, 0.2) is 22.7 Å². The molecule has 1 aromatic rings. The monoisotopic (exact) mass is 352 g/mol. The normalized spacial score (nSPS) is 23.5. The molecule has 2 saturated heterocycles. The minimum atomic E-state index is -0.0576. The SMILES string of the molecule is O=C(c1ccc(Br)cc1O)N1CCC(C2CCCN2)CC1. The molecule has 1 amide bonds. The number of carbonyl (C=O) groups excluding carboxylic acids is 1. The Kier molecular flexibility index (Phi) is 4.50. The number of hydrogen-bond donors (Lipinski definition) is 2. The summed E-state index contributed by atoms with van der Waals surface area (Å²) in [6.45, 7) is 2.71. The molecule has 0 aliphatic carbocycles. The quantitative estimate of drug-likeness (QED) is 0.860. The van der Waals surface area contributed by atoms with Crippen molar-refractivity contribution in [1.29, 1.82) is 0 Å². The fourth-order valence-electron chi connectivity index (χ4n) is 3.47. The maximum atomic E-state index is 12.5. The van der Waals surface area contributed by atoms with Gasteiger partial charge in [0.05, 0.1) is 5.56 Å². The van der Waals surface area contributed by atoms with Gasteiger partial charge in [-0.15, -0.1) is 0 Å². The van der Waals surface area contributed by atoms with E-state index in [1.54, 1.807) is 18.2 Å². The van der Waals surface area contributed by atoms with Crippen molar-refractivity contribution in [1.82, 2.24) is 10.2 Å². The molecule has 2 aliphatic rings. The number of hydrogen-bond acceptors (Lipinski definition) is 3. The van der Waals surface area contributed by atoms with Gasteiger partial charge in [-0.1, -0.05) is 15.9 Å². The minimum absolute atomic E-state index is 0.0500. The smallest absolute Gasteiger partial charge is 0.257 e. The van der Waals surface area contributed by atoms with Crippen molar-refractivity contribution in [2.45, 2.75) is 31.7 Å². The van der Waals surface area contributed by atoms with Crippen molar-refractivity contribution in [2.24, 2.45) is 5.92 Å². The van der Waals surface area contributed by atoms with E-state index in [1.165, 1.54) is 12.8 Å². The standard InChI is InChI=1S/C16H21BrN2O2/c17-12-3-4-13(15(20)10-12)16(21)19-8-5-11(6-9-19)14-2-1-7-18-14/h3-4,10-11,14,18,20H,1-2,5-9H2. The van der Waals surface area contributed by atoms with Crippen molar-refractivity contribution in [2.75, 3.05) is 19.6 Å². The van der Waals surface area contributed by atoms with Gasteiger partial charge in [0.1, 0.15) is 5.75 Å². The molecule has 1 aromatic carbocycles. The van der Waals surface area contributed by atoms with Crippen LogP contribution in [0.4, 0.5) is 0 Å². The Hall–Kier alpha value is -1.07. The molecule has 0 bridgehead atoms. The number of phenolic OH excluding ortho intramolecular Hbond substituents is 1. The van der Waals surface area contributed by atoms with Crippen LogP contribution in [0.25, 0.3) is 0 Å². The van der Waals surface area contributed by atoms with Crippen LogP contribution in [0.1, 0.15) is 36.0 Å². The van der Waals surface area contributed by atoms with Gasteiger partial charge in [0, 0.05) is 23.6 Å². The lowest BCUT2D eigenvalue weighted by Gasteiger charge is -2.35. The molecular formula is C16H21BrN2O2. The first kappa shape index (κ1) is 14.9. The Bertz CT molecular complexity index is 521. The molecule has 0 saturated carbocycles. The molecule has 2 aliphatic heterocycles. The lowest BCUT2D eigenvalue weighted by atomic mass is 9.88. The van der Waals surface area contributed by atoms with E-state index in [9.17, 15) is 9.90 Å². The third-order valence-electron chi connectivity index (χ3n) is 4.68. The molecule has 0 aromatic heterocycles. The van der Waals surface area contributed by atoms with Crippen LogP contribution in [0.5, 0.6) is 5.75 Å². The third-order valence-corrected chi connectivity index (χ3v) is 5.18. The average molecular weight is 353 g/mol. The van der Waals surface area contributed by atoms with E-state index in [-0.39, 0.29) is 11.7 Å². The highest BCUT2D eigenvalue weighted by Crippen LogP contribution is 2.28. The summed E-state index contributed by atoms with van der Waals surface area (Å²) >= 11 is 3.30. The van der Waals surface area contributed by atoms with E-state index in [1.807, 2.05) is 4.90 Å². The number of likely N-dealkylation sites (tertiary alicyclic amines) is 1. The number of halogens is 1. The number of piperidine rings is 1. The third kappa shape index (κ3) is 3.24. The molecule has 1 unspecified atom stereocenters. The number of phenols is 1. The van der Waals surface area contributed by atoms with Crippen LogP contribution in [0, 0.1) is 5.92 Å². The Balaban J connectivity index is 1.62. The number of aromatic hydroxyl groups is 1. The highest BCUT2D eigenvalue weighted by molar-refractivity contribution is 9.10. The zero-order chi connectivity index (χ0) is 14.8. The summed E-state index contributed by atoms with van der Waals surface area (Å²) in [5.74, 6) is 0.682. The average Bonchev–Trinajstić information content (AvgIpc) is 3.01.